The van der Waals surface area contributed by atoms with E-state index in [-0.39, 0.29) is 0 Å². The molecule has 0 atom stereocenters. The number of aliphatic imine (C=N–C) groups is 1. The normalized spacial score (nSPS) is 11.8. The van der Waals surface area contributed by atoms with Crippen molar-refractivity contribution in [3.8, 4) is 22.5 Å². The third-order valence-corrected chi connectivity index (χ3v) is 7.07. The van der Waals surface area contributed by atoms with Gasteiger partial charge in [0.1, 0.15) is 0 Å². The Balaban J connectivity index is 1.43. The Labute approximate surface area is 206 Å². The van der Waals surface area contributed by atoms with Gasteiger partial charge in [0.25, 0.3) is 0 Å². The van der Waals surface area contributed by atoms with E-state index in [9.17, 15) is 0 Å². The molecule has 0 aliphatic rings. The van der Waals surface area contributed by atoms with Crippen molar-refractivity contribution >= 4 is 56.1 Å². The van der Waals surface area contributed by atoms with Crippen LogP contribution in [0.5, 0.6) is 0 Å². The Bertz CT molecular complexity index is 1650. The lowest BCUT2D eigenvalue weighted by Gasteiger charge is -2.03. The van der Waals surface area contributed by atoms with Gasteiger partial charge in [-0.05, 0) is 36.2 Å². The third-order valence-electron chi connectivity index (χ3n) is 6.07. The van der Waals surface area contributed by atoms with Crippen LogP contribution >= 0.6 is 22.9 Å². The summed E-state index contributed by atoms with van der Waals surface area (Å²) in [5.74, 6) is 0. The minimum absolute atomic E-state index is 0.718. The quantitative estimate of drug-likeness (QED) is 0.239. The number of para-hydroxylation sites is 2. The van der Waals surface area contributed by atoms with E-state index in [1.165, 1.54) is 11.1 Å². The molecular weight excluding hydrogens is 460 g/mol. The number of aryl methyl sites for hydroxylation is 1. The van der Waals surface area contributed by atoms with Crippen LogP contribution in [0.15, 0.2) is 83.2 Å². The molecule has 0 amide bonds. The number of thiazole rings is 1. The van der Waals surface area contributed by atoms with Crippen LogP contribution in [0.4, 0.5) is 5.13 Å². The van der Waals surface area contributed by atoms with Gasteiger partial charge in [0.15, 0.2) is 0 Å². The number of fused-ring (bicyclic) bond motifs is 2. The molecule has 4 nitrogen and oxygen atoms in total. The molecule has 0 aliphatic heterocycles. The summed E-state index contributed by atoms with van der Waals surface area (Å²) in [4.78, 5) is 16.8. The molecular formula is C28H21ClN4S. The molecule has 3 aromatic carbocycles. The van der Waals surface area contributed by atoms with Crippen molar-refractivity contribution in [2.24, 2.45) is 4.99 Å². The van der Waals surface area contributed by atoms with Gasteiger partial charge < -0.3 is 9.97 Å². The number of aromatic amines is 2. The fourth-order valence-electron chi connectivity index (χ4n) is 4.44. The first-order valence-electron chi connectivity index (χ1n) is 11.2. The number of halogens is 1. The summed E-state index contributed by atoms with van der Waals surface area (Å²) in [6.45, 7) is 2.15. The molecule has 34 heavy (non-hydrogen) atoms. The number of nitrogens with one attached hydrogen (secondary N) is 2. The Morgan fingerprint density at radius 3 is 2.38 bits per heavy atom. The number of rotatable bonds is 5. The second-order valence-corrected chi connectivity index (χ2v) is 9.39. The molecule has 3 heterocycles. The van der Waals surface area contributed by atoms with E-state index in [0.717, 1.165) is 61.1 Å². The minimum Gasteiger partial charge on any atom is -0.358 e. The van der Waals surface area contributed by atoms with Gasteiger partial charge in [0.2, 0.25) is 5.13 Å². The molecule has 0 saturated carbocycles. The SMILES string of the molecule is CCc1[nH]c2ccccc2c1/C=N/c1nc(-c2c(-c3ccc(Cl)cc3)[nH]c3ccccc23)cs1. The summed E-state index contributed by atoms with van der Waals surface area (Å²) in [7, 11) is 0. The average molecular weight is 481 g/mol. The predicted molar refractivity (Wildman–Crippen MR) is 145 cm³/mol. The van der Waals surface area contributed by atoms with Crippen LogP contribution in [-0.2, 0) is 6.42 Å². The second kappa shape index (κ2) is 8.60. The number of aromatic nitrogens is 3. The summed E-state index contributed by atoms with van der Waals surface area (Å²) >= 11 is 7.68. The zero-order valence-corrected chi connectivity index (χ0v) is 20.0. The van der Waals surface area contributed by atoms with Crippen molar-refractivity contribution in [1.82, 2.24) is 15.0 Å². The van der Waals surface area contributed by atoms with E-state index >= 15 is 0 Å². The molecule has 6 rings (SSSR count). The van der Waals surface area contributed by atoms with E-state index in [0.29, 0.717) is 0 Å². The molecule has 0 bridgehead atoms. The number of nitrogens with zero attached hydrogens (tertiary/aromatic N) is 2. The van der Waals surface area contributed by atoms with Crippen molar-refractivity contribution < 1.29 is 0 Å². The fourth-order valence-corrected chi connectivity index (χ4v) is 5.22. The van der Waals surface area contributed by atoms with Gasteiger partial charge in [-0.2, -0.15) is 0 Å². The number of hydrogen-bond acceptors (Lipinski definition) is 3. The van der Waals surface area contributed by atoms with Crippen molar-refractivity contribution in [2.75, 3.05) is 0 Å². The molecule has 0 radical (unpaired) electrons. The van der Waals surface area contributed by atoms with Crippen molar-refractivity contribution in [1.29, 1.82) is 0 Å². The van der Waals surface area contributed by atoms with Gasteiger partial charge in [-0.25, -0.2) is 9.98 Å². The Hall–Kier alpha value is -3.67. The van der Waals surface area contributed by atoms with Crippen LogP contribution in [0.2, 0.25) is 5.02 Å². The topological polar surface area (TPSA) is 56.8 Å². The molecule has 0 spiro atoms. The first kappa shape index (κ1) is 20.9. The number of hydrogen-bond donors (Lipinski definition) is 2. The maximum absolute atomic E-state index is 6.13. The fraction of sp³-hybridized carbons (Fsp3) is 0.0714. The van der Waals surface area contributed by atoms with Crippen molar-refractivity contribution in [3.05, 3.63) is 94.5 Å². The Morgan fingerprint density at radius 2 is 1.62 bits per heavy atom. The summed E-state index contributed by atoms with van der Waals surface area (Å²) in [6.07, 6.45) is 2.86. The first-order valence-corrected chi connectivity index (χ1v) is 12.4. The van der Waals surface area contributed by atoms with E-state index in [1.54, 1.807) is 11.3 Å². The smallest absolute Gasteiger partial charge is 0.209 e. The lowest BCUT2D eigenvalue weighted by Crippen LogP contribution is -1.87. The van der Waals surface area contributed by atoms with E-state index in [2.05, 4.69) is 58.7 Å². The standard InChI is InChI=1S/C28H21ClN4S/c1-2-22-21(19-7-3-5-9-23(19)31-22)15-30-28-33-25(16-34-28)26-20-8-4-6-10-24(20)32-27(26)17-11-13-18(29)14-12-17/h3-16,31-32H,2H2,1H3/b30-15+. The molecule has 6 heteroatoms. The minimum atomic E-state index is 0.718. The summed E-state index contributed by atoms with van der Waals surface area (Å²) in [5.41, 5.74) is 8.61. The van der Waals surface area contributed by atoms with Gasteiger partial charge in [-0.1, -0.05) is 67.1 Å². The van der Waals surface area contributed by atoms with E-state index in [1.807, 2.05) is 42.6 Å². The zero-order chi connectivity index (χ0) is 23.1. The molecule has 0 unspecified atom stereocenters. The molecule has 0 saturated heterocycles. The summed E-state index contributed by atoms with van der Waals surface area (Å²) in [5, 5.41) is 5.85. The summed E-state index contributed by atoms with van der Waals surface area (Å²) < 4.78 is 0. The van der Waals surface area contributed by atoms with Crippen LogP contribution in [0, 0.1) is 0 Å². The van der Waals surface area contributed by atoms with Gasteiger partial charge >= 0.3 is 0 Å². The number of benzene rings is 3. The lowest BCUT2D eigenvalue weighted by atomic mass is 10.0. The molecule has 3 aromatic heterocycles. The summed E-state index contributed by atoms with van der Waals surface area (Å²) in [6, 6.07) is 24.5. The van der Waals surface area contributed by atoms with Gasteiger partial charge in [-0.3, -0.25) is 0 Å². The highest BCUT2D eigenvalue weighted by Gasteiger charge is 2.17. The van der Waals surface area contributed by atoms with Crippen LogP contribution in [0.1, 0.15) is 18.2 Å². The average Bonchev–Trinajstić information content (AvgIpc) is 3.57. The molecule has 0 fully saturated rings. The maximum Gasteiger partial charge on any atom is 0.209 e. The molecule has 0 aliphatic carbocycles. The highest BCUT2D eigenvalue weighted by molar-refractivity contribution is 7.13. The number of H-pyrrole nitrogens is 2. The monoisotopic (exact) mass is 480 g/mol. The Morgan fingerprint density at radius 1 is 0.912 bits per heavy atom. The molecule has 2 N–H and O–H groups in total. The zero-order valence-electron chi connectivity index (χ0n) is 18.5. The lowest BCUT2D eigenvalue weighted by molar-refractivity contribution is 1.07. The van der Waals surface area contributed by atoms with Gasteiger partial charge in [0.05, 0.1) is 11.4 Å². The van der Waals surface area contributed by atoms with Gasteiger partial charge in [-0.15, -0.1) is 11.3 Å². The predicted octanol–water partition coefficient (Wildman–Crippen LogP) is 8.41. The highest BCUT2D eigenvalue weighted by Crippen LogP contribution is 2.40. The van der Waals surface area contributed by atoms with Crippen LogP contribution in [0.25, 0.3) is 44.3 Å². The van der Waals surface area contributed by atoms with Gasteiger partial charge in [0, 0.05) is 55.2 Å². The second-order valence-electron chi connectivity index (χ2n) is 8.12. The highest BCUT2D eigenvalue weighted by atomic mass is 35.5. The Kier molecular flexibility index (Phi) is 5.28. The van der Waals surface area contributed by atoms with Crippen LogP contribution < -0.4 is 0 Å². The molecule has 6 aromatic rings. The molecule has 166 valence electrons. The van der Waals surface area contributed by atoms with Crippen molar-refractivity contribution in [2.45, 2.75) is 13.3 Å². The first-order chi connectivity index (χ1) is 16.7. The van der Waals surface area contributed by atoms with Crippen molar-refractivity contribution in [3.63, 3.8) is 0 Å². The third kappa shape index (κ3) is 3.63. The maximum atomic E-state index is 6.13. The van der Waals surface area contributed by atoms with Crippen LogP contribution in [-0.4, -0.2) is 21.2 Å². The van der Waals surface area contributed by atoms with E-state index in [4.69, 9.17) is 21.6 Å². The van der Waals surface area contributed by atoms with Crippen LogP contribution in [0.3, 0.4) is 0 Å². The van der Waals surface area contributed by atoms with E-state index < -0.39 is 0 Å². The largest absolute Gasteiger partial charge is 0.358 e.